The molecule has 2 heteroatoms. The maximum absolute atomic E-state index is 5.95. The fraction of sp³-hybridized carbons (Fsp3) is 1.00. The Balaban J connectivity index is 2.65. The van der Waals surface area contributed by atoms with Crippen molar-refractivity contribution in [3.8, 4) is 0 Å². The van der Waals surface area contributed by atoms with Crippen molar-refractivity contribution in [2.45, 2.75) is 59.0 Å². The molecule has 0 aromatic carbocycles. The first-order chi connectivity index (χ1) is 7.11. The van der Waals surface area contributed by atoms with Crippen LogP contribution in [0.2, 0.25) is 0 Å². The average Bonchev–Trinajstić information content (AvgIpc) is 2.24. The molecule has 2 N–H and O–H groups in total. The SMILES string of the molecule is CCC(C)C(CN)N1CCCC(C)C1C. The van der Waals surface area contributed by atoms with Crippen molar-refractivity contribution in [2.75, 3.05) is 13.1 Å². The van der Waals surface area contributed by atoms with Crippen LogP contribution in [-0.2, 0) is 0 Å². The number of piperidine rings is 1. The van der Waals surface area contributed by atoms with Crippen LogP contribution >= 0.6 is 0 Å². The summed E-state index contributed by atoms with van der Waals surface area (Å²) in [6.07, 6.45) is 3.97. The third-order valence-electron chi connectivity index (χ3n) is 4.39. The number of rotatable bonds is 4. The summed E-state index contributed by atoms with van der Waals surface area (Å²) in [5.74, 6) is 1.56. The first kappa shape index (κ1) is 13.0. The van der Waals surface area contributed by atoms with E-state index >= 15 is 0 Å². The van der Waals surface area contributed by atoms with Crippen molar-refractivity contribution in [2.24, 2.45) is 17.6 Å². The van der Waals surface area contributed by atoms with E-state index in [1.807, 2.05) is 0 Å². The predicted octanol–water partition coefficient (Wildman–Crippen LogP) is 2.48. The number of hydrogen-bond donors (Lipinski definition) is 1. The summed E-state index contributed by atoms with van der Waals surface area (Å²) in [6.45, 7) is 11.4. The molecule has 1 heterocycles. The Morgan fingerprint density at radius 3 is 2.60 bits per heavy atom. The molecule has 0 aromatic heterocycles. The van der Waals surface area contributed by atoms with Gasteiger partial charge in [-0.15, -0.1) is 0 Å². The molecule has 1 fully saturated rings. The topological polar surface area (TPSA) is 29.3 Å². The second-order valence-electron chi connectivity index (χ2n) is 5.29. The van der Waals surface area contributed by atoms with Gasteiger partial charge in [-0.1, -0.05) is 27.2 Å². The highest BCUT2D eigenvalue weighted by molar-refractivity contribution is 4.86. The highest BCUT2D eigenvalue weighted by Gasteiger charge is 2.31. The van der Waals surface area contributed by atoms with E-state index in [4.69, 9.17) is 5.73 Å². The highest BCUT2D eigenvalue weighted by atomic mass is 15.2. The molecule has 0 aromatic rings. The Labute approximate surface area is 95.2 Å². The zero-order chi connectivity index (χ0) is 11.4. The second kappa shape index (κ2) is 5.86. The van der Waals surface area contributed by atoms with Crippen LogP contribution in [0, 0.1) is 11.8 Å². The van der Waals surface area contributed by atoms with Crippen molar-refractivity contribution in [3.63, 3.8) is 0 Å². The molecule has 2 nitrogen and oxygen atoms in total. The third-order valence-corrected chi connectivity index (χ3v) is 4.39. The van der Waals surface area contributed by atoms with Gasteiger partial charge >= 0.3 is 0 Å². The highest BCUT2D eigenvalue weighted by Crippen LogP contribution is 2.27. The van der Waals surface area contributed by atoms with Crippen LogP contribution in [0.4, 0.5) is 0 Å². The molecule has 1 aliphatic heterocycles. The van der Waals surface area contributed by atoms with Gasteiger partial charge in [0.2, 0.25) is 0 Å². The number of likely N-dealkylation sites (tertiary alicyclic amines) is 1. The zero-order valence-electron chi connectivity index (χ0n) is 10.9. The molecule has 0 aliphatic carbocycles. The monoisotopic (exact) mass is 212 g/mol. The van der Waals surface area contributed by atoms with Gasteiger partial charge in [-0.05, 0) is 38.1 Å². The minimum absolute atomic E-state index is 0.591. The molecule has 0 spiro atoms. The molecule has 0 saturated carbocycles. The largest absolute Gasteiger partial charge is 0.329 e. The molecule has 90 valence electrons. The molecule has 4 atom stereocenters. The molecule has 1 rings (SSSR count). The molecule has 15 heavy (non-hydrogen) atoms. The lowest BCUT2D eigenvalue weighted by atomic mass is 9.87. The quantitative estimate of drug-likeness (QED) is 0.776. The van der Waals surface area contributed by atoms with Gasteiger partial charge in [0, 0.05) is 18.6 Å². The second-order valence-corrected chi connectivity index (χ2v) is 5.29. The fourth-order valence-electron chi connectivity index (χ4n) is 2.80. The molecule has 0 bridgehead atoms. The molecule has 1 aliphatic rings. The summed E-state index contributed by atoms with van der Waals surface area (Å²) in [7, 11) is 0. The van der Waals surface area contributed by atoms with Crippen LogP contribution in [0.1, 0.15) is 47.0 Å². The zero-order valence-corrected chi connectivity index (χ0v) is 10.9. The Morgan fingerprint density at radius 1 is 1.40 bits per heavy atom. The lowest BCUT2D eigenvalue weighted by molar-refractivity contribution is 0.0465. The lowest BCUT2D eigenvalue weighted by Gasteiger charge is -2.44. The van der Waals surface area contributed by atoms with Crippen molar-refractivity contribution < 1.29 is 0 Å². The van der Waals surface area contributed by atoms with Gasteiger partial charge in [-0.3, -0.25) is 4.90 Å². The smallest absolute Gasteiger partial charge is 0.0246 e. The maximum atomic E-state index is 5.95. The standard InChI is InChI=1S/C13H28N2/c1-5-10(2)13(9-14)15-8-6-7-11(3)12(15)4/h10-13H,5-9,14H2,1-4H3. The molecule has 1 saturated heterocycles. The minimum Gasteiger partial charge on any atom is -0.329 e. The number of nitrogens with two attached hydrogens (primary N) is 1. The van der Waals surface area contributed by atoms with E-state index in [1.54, 1.807) is 0 Å². The summed E-state index contributed by atoms with van der Waals surface area (Å²) in [5, 5.41) is 0. The summed E-state index contributed by atoms with van der Waals surface area (Å²) >= 11 is 0. The van der Waals surface area contributed by atoms with Crippen LogP contribution in [0.3, 0.4) is 0 Å². The molecular weight excluding hydrogens is 184 g/mol. The molecule has 4 unspecified atom stereocenters. The number of nitrogens with zero attached hydrogens (tertiary/aromatic N) is 1. The van der Waals surface area contributed by atoms with E-state index in [9.17, 15) is 0 Å². The van der Waals surface area contributed by atoms with Gasteiger partial charge in [0.25, 0.3) is 0 Å². The van der Waals surface area contributed by atoms with Crippen molar-refractivity contribution in [1.82, 2.24) is 4.90 Å². The Bertz CT molecular complexity index is 181. The van der Waals surface area contributed by atoms with Crippen LogP contribution in [0.5, 0.6) is 0 Å². The van der Waals surface area contributed by atoms with Crippen LogP contribution < -0.4 is 5.73 Å². The Morgan fingerprint density at radius 2 is 2.07 bits per heavy atom. The van der Waals surface area contributed by atoms with Crippen LogP contribution in [-0.4, -0.2) is 30.1 Å². The Hall–Kier alpha value is -0.0800. The van der Waals surface area contributed by atoms with Crippen molar-refractivity contribution in [3.05, 3.63) is 0 Å². The predicted molar refractivity (Wildman–Crippen MR) is 66.9 cm³/mol. The molecule has 0 amide bonds. The Kier molecular flexibility index (Phi) is 5.07. The van der Waals surface area contributed by atoms with Crippen molar-refractivity contribution >= 4 is 0 Å². The summed E-state index contributed by atoms with van der Waals surface area (Å²) in [6, 6.07) is 1.30. The first-order valence-electron chi connectivity index (χ1n) is 6.57. The van der Waals surface area contributed by atoms with E-state index < -0.39 is 0 Å². The van der Waals surface area contributed by atoms with Gasteiger partial charge in [0.15, 0.2) is 0 Å². The van der Waals surface area contributed by atoms with E-state index in [0.717, 1.165) is 18.4 Å². The first-order valence-corrected chi connectivity index (χ1v) is 6.57. The van der Waals surface area contributed by atoms with Crippen LogP contribution in [0.25, 0.3) is 0 Å². The summed E-state index contributed by atoms with van der Waals surface area (Å²) in [5.41, 5.74) is 5.95. The van der Waals surface area contributed by atoms with E-state index in [1.165, 1.54) is 25.8 Å². The van der Waals surface area contributed by atoms with Gasteiger partial charge in [0.1, 0.15) is 0 Å². The van der Waals surface area contributed by atoms with Gasteiger partial charge in [-0.25, -0.2) is 0 Å². The lowest BCUT2D eigenvalue weighted by Crippen LogP contribution is -2.53. The minimum atomic E-state index is 0.591. The van der Waals surface area contributed by atoms with Gasteiger partial charge < -0.3 is 5.73 Å². The summed E-state index contributed by atoms with van der Waals surface area (Å²) < 4.78 is 0. The molecular formula is C13H28N2. The van der Waals surface area contributed by atoms with E-state index in [0.29, 0.717) is 12.1 Å². The maximum Gasteiger partial charge on any atom is 0.0246 e. The van der Waals surface area contributed by atoms with E-state index in [-0.39, 0.29) is 0 Å². The third kappa shape index (κ3) is 2.94. The van der Waals surface area contributed by atoms with Gasteiger partial charge in [0.05, 0.1) is 0 Å². The van der Waals surface area contributed by atoms with E-state index in [2.05, 4.69) is 32.6 Å². The van der Waals surface area contributed by atoms with Crippen molar-refractivity contribution in [1.29, 1.82) is 0 Å². The average molecular weight is 212 g/mol. The fourth-order valence-corrected chi connectivity index (χ4v) is 2.80. The summed E-state index contributed by atoms with van der Waals surface area (Å²) in [4.78, 5) is 2.66. The molecule has 0 radical (unpaired) electrons. The van der Waals surface area contributed by atoms with Crippen LogP contribution in [0.15, 0.2) is 0 Å². The normalized spacial score (nSPS) is 32.6. The number of hydrogen-bond acceptors (Lipinski definition) is 2. The van der Waals surface area contributed by atoms with Gasteiger partial charge in [-0.2, -0.15) is 0 Å².